The SMILES string of the molecule is COc1c(Cl)cc(C(=O)N(C)CCOc2ccc(C)cc2)cc1Cl. The molecule has 4 nitrogen and oxygen atoms in total. The van der Waals surface area contributed by atoms with E-state index in [1.807, 2.05) is 31.2 Å². The Bertz CT molecular complexity index is 694. The zero-order valence-corrected chi connectivity index (χ0v) is 15.3. The van der Waals surface area contributed by atoms with E-state index in [1.165, 1.54) is 12.7 Å². The van der Waals surface area contributed by atoms with Gasteiger partial charge in [0.1, 0.15) is 12.4 Å². The molecule has 0 radical (unpaired) electrons. The molecule has 2 aromatic rings. The highest BCUT2D eigenvalue weighted by atomic mass is 35.5. The molecule has 0 N–H and O–H groups in total. The lowest BCUT2D eigenvalue weighted by atomic mass is 10.2. The summed E-state index contributed by atoms with van der Waals surface area (Å²) in [5.41, 5.74) is 1.58. The summed E-state index contributed by atoms with van der Waals surface area (Å²) in [6.45, 7) is 2.85. The quantitative estimate of drug-likeness (QED) is 0.756. The van der Waals surface area contributed by atoms with Gasteiger partial charge in [-0.25, -0.2) is 0 Å². The molecule has 0 aliphatic heterocycles. The minimum absolute atomic E-state index is 0.186. The average Bonchev–Trinajstić information content (AvgIpc) is 2.55. The smallest absolute Gasteiger partial charge is 0.253 e. The number of aryl methyl sites for hydroxylation is 1. The van der Waals surface area contributed by atoms with Crippen LogP contribution in [0.25, 0.3) is 0 Å². The van der Waals surface area contributed by atoms with E-state index in [9.17, 15) is 4.79 Å². The predicted octanol–water partition coefficient (Wildman–Crippen LogP) is 4.46. The van der Waals surface area contributed by atoms with Crippen LogP contribution >= 0.6 is 23.2 Å². The lowest BCUT2D eigenvalue weighted by Crippen LogP contribution is -2.30. The van der Waals surface area contributed by atoms with E-state index in [0.717, 1.165) is 5.75 Å². The lowest BCUT2D eigenvalue weighted by molar-refractivity contribution is 0.0773. The number of benzene rings is 2. The molecule has 0 unspecified atom stereocenters. The number of carbonyl (C=O) groups is 1. The number of methoxy groups -OCH3 is 1. The van der Waals surface area contributed by atoms with Crippen LogP contribution in [-0.2, 0) is 0 Å². The Kier molecular flexibility index (Phi) is 6.35. The van der Waals surface area contributed by atoms with Crippen molar-refractivity contribution in [1.82, 2.24) is 4.90 Å². The van der Waals surface area contributed by atoms with Gasteiger partial charge in [0.25, 0.3) is 5.91 Å². The predicted molar refractivity (Wildman–Crippen MR) is 96.6 cm³/mol. The van der Waals surface area contributed by atoms with Crippen molar-refractivity contribution in [2.45, 2.75) is 6.92 Å². The maximum atomic E-state index is 12.4. The molecule has 0 spiro atoms. The highest BCUT2D eigenvalue weighted by Gasteiger charge is 2.16. The number of likely N-dealkylation sites (N-methyl/N-ethyl adjacent to an activating group) is 1. The van der Waals surface area contributed by atoms with Gasteiger partial charge in [0.05, 0.1) is 23.7 Å². The molecule has 0 fully saturated rings. The second-order valence-corrected chi connectivity index (χ2v) is 6.18. The fourth-order valence-corrected chi connectivity index (χ4v) is 2.78. The second kappa shape index (κ2) is 8.27. The monoisotopic (exact) mass is 367 g/mol. The van der Waals surface area contributed by atoms with E-state index in [1.54, 1.807) is 24.1 Å². The van der Waals surface area contributed by atoms with Crippen molar-refractivity contribution >= 4 is 29.1 Å². The number of hydrogen-bond acceptors (Lipinski definition) is 3. The first-order valence-electron chi connectivity index (χ1n) is 7.40. The van der Waals surface area contributed by atoms with Gasteiger partial charge in [-0.1, -0.05) is 40.9 Å². The standard InChI is InChI=1S/C18H19Cl2NO3/c1-12-4-6-14(7-5-12)24-9-8-21(2)18(22)13-10-15(19)17(23-3)16(20)11-13/h4-7,10-11H,8-9H2,1-3H3. The number of hydrogen-bond donors (Lipinski definition) is 0. The summed E-state index contributed by atoms with van der Waals surface area (Å²) < 4.78 is 10.7. The Morgan fingerprint density at radius 2 is 1.71 bits per heavy atom. The van der Waals surface area contributed by atoms with E-state index in [-0.39, 0.29) is 5.91 Å². The molecular formula is C18H19Cl2NO3. The molecular weight excluding hydrogens is 349 g/mol. The van der Waals surface area contributed by atoms with Crippen molar-refractivity contribution in [3.8, 4) is 11.5 Å². The van der Waals surface area contributed by atoms with Crippen molar-refractivity contribution in [3.63, 3.8) is 0 Å². The minimum atomic E-state index is -0.186. The van der Waals surface area contributed by atoms with Gasteiger partial charge in [0.15, 0.2) is 5.75 Å². The third kappa shape index (κ3) is 4.56. The van der Waals surface area contributed by atoms with E-state index in [2.05, 4.69) is 0 Å². The van der Waals surface area contributed by atoms with Crippen molar-refractivity contribution in [1.29, 1.82) is 0 Å². The zero-order valence-electron chi connectivity index (χ0n) is 13.8. The molecule has 1 amide bonds. The number of nitrogens with zero attached hydrogens (tertiary/aromatic N) is 1. The maximum Gasteiger partial charge on any atom is 0.253 e. The minimum Gasteiger partial charge on any atom is -0.494 e. The molecule has 24 heavy (non-hydrogen) atoms. The van der Waals surface area contributed by atoms with Crippen LogP contribution in [0.2, 0.25) is 10.0 Å². The molecule has 0 aliphatic rings. The summed E-state index contributed by atoms with van der Waals surface area (Å²) in [5.74, 6) is 0.950. The van der Waals surface area contributed by atoms with E-state index in [0.29, 0.717) is 34.5 Å². The van der Waals surface area contributed by atoms with Gasteiger partial charge in [0, 0.05) is 12.6 Å². The van der Waals surface area contributed by atoms with Crippen LogP contribution < -0.4 is 9.47 Å². The van der Waals surface area contributed by atoms with Crippen LogP contribution in [0.15, 0.2) is 36.4 Å². The summed E-state index contributed by atoms with van der Waals surface area (Å²) >= 11 is 12.2. The number of amides is 1. The summed E-state index contributed by atoms with van der Waals surface area (Å²) in [4.78, 5) is 14.0. The molecule has 128 valence electrons. The first-order chi connectivity index (χ1) is 11.4. The van der Waals surface area contributed by atoms with Gasteiger partial charge < -0.3 is 14.4 Å². The van der Waals surface area contributed by atoms with E-state index >= 15 is 0 Å². The fourth-order valence-electron chi connectivity index (χ4n) is 2.14. The van der Waals surface area contributed by atoms with Crippen LogP contribution in [-0.4, -0.2) is 38.1 Å². The summed E-state index contributed by atoms with van der Waals surface area (Å²) in [6.07, 6.45) is 0. The first kappa shape index (κ1) is 18.4. The molecule has 0 aliphatic carbocycles. The van der Waals surface area contributed by atoms with Crippen LogP contribution in [0.4, 0.5) is 0 Å². The molecule has 2 rings (SSSR count). The Balaban J connectivity index is 1.95. The highest BCUT2D eigenvalue weighted by molar-refractivity contribution is 6.37. The van der Waals surface area contributed by atoms with E-state index < -0.39 is 0 Å². The van der Waals surface area contributed by atoms with Crippen LogP contribution in [0, 0.1) is 6.92 Å². The number of rotatable bonds is 6. The van der Waals surface area contributed by atoms with Crippen molar-refractivity contribution in [3.05, 3.63) is 57.6 Å². The molecule has 0 bridgehead atoms. The Labute approximate surface area is 151 Å². The van der Waals surface area contributed by atoms with Crippen molar-refractivity contribution in [2.75, 3.05) is 27.3 Å². The van der Waals surface area contributed by atoms with Gasteiger partial charge in [0.2, 0.25) is 0 Å². The number of carbonyl (C=O) groups excluding carboxylic acids is 1. The zero-order chi connectivity index (χ0) is 17.7. The Morgan fingerprint density at radius 1 is 1.12 bits per heavy atom. The normalized spacial score (nSPS) is 10.4. The summed E-state index contributed by atoms with van der Waals surface area (Å²) in [7, 11) is 3.18. The van der Waals surface area contributed by atoms with Crippen molar-refractivity contribution in [2.24, 2.45) is 0 Å². The lowest BCUT2D eigenvalue weighted by Gasteiger charge is -2.18. The van der Waals surface area contributed by atoms with Gasteiger partial charge in [-0.3, -0.25) is 4.79 Å². The summed E-state index contributed by atoms with van der Waals surface area (Å²) in [5, 5.41) is 0.607. The highest BCUT2D eigenvalue weighted by Crippen LogP contribution is 2.34. The maximum absolute atomic E-state index is 12.4. The number of ether oxygens (including phenoxy) is 2. The molecule has 0 saturated heterocycles. The van der Waals surface area contributed by atoms with Gasteiger partial charge >= 0.3 is 0 Å². The largest absolute Gasteiger partial charge is 0.494 e. The molecule has 2 aromatic carbocycles. The second-order valence-electron chi connectivity index (χ2n) is 5.36. The topological polar surface area (TPSA) is 38.8 Å². The fraction of sp³-hybridized carbons (Fsp3) is 0.278. The van der Waals surface area contributed by atoms with Crippen LogP contribution in [0.1, 0.15) is 15.9 Å². The first-order valence-corrected chi connectivity index (χ1v) is 8.16. The molecule has 6 heteroatoms. The molecule has 0 saturated carbocycles. The Hall–Kier alpha value is -1.91. The average molecular weight is 368 g/mol. The Morgan fingerprint density at radius 3 is 2.25 bits per heavy atom. The molecule has 0 heterocycles. The summed E-state index contributed by atoms with van der Waals surface area (Å²) in [6, 6.07) is 10.9. The number of halogens is 2. The van der Waals surface area contributed by atoms with E-state index in [4.69, 9.17) is 32.7 Å². The van der Waals surface area contributed by atoms with Gasteiger partial charge in [-0.2, -0.15) is 0 Å². The molecule has 0 aromatic heterocycles. The third-order valence-electron chi connectivity index (χ3n) is 3.51. The molecule has 0 atom stereocenters. The van der Waals surface area contributed by atoms with Crippen molar-refractivity contribution < 1.29 is 14.3 Å². The van der Waals surface area contributed by atoms with Gasteiger partial charge in [-0.15, -0.1) is 0 Å². The van der Waals surface area contributed by atoms with Crippen LogP contribution in [0.3, 0.4) is 0 Å². The van der Waals surface area contributed by atoms with Crippen LogP contribution in [0.5, 0.6) is 11.5 Å². The van der Waals surface area contributed by atoms with Gasteiger partial charge in [-0.05, 0) is 31.2 Å². The third-order valence-corrected chi connectivity index (χ3v) is 4.07.